The second kappa shape index (κ2) is 29.4. The van der Waals surface area contributed by atoms with Crippen LogP contribution in [-0.4, -0.2) is 24.6 Å². The Morgan fingerprint density at radius 1 is 0.371 bits per heavy atom. The second-order valence-corrected chi connectivity index (χ2v) is 15.2. The molecule has 7 heteroatoms. The smallest absolute Gasteiger partial charge is 0.799 e. The van der Waals surface area contributed by atoms with Gasteiger partial charge in [0.15, 0.2) is 0 Å². The quantitative estimate of drug-likeness (QED) is 0.0647. The van der Waals surface area contributed by atoms with E-state index < -0.39 is 14.7 Å². The third-order valence-corrected chi connectivity index (χ3v) is 10.4. The fourth-order valence-electron chi connectivity index (χ4n) is 4.05. The Labute approximate surface area is 230 Å². The van der Waals surface area contributed by atoms with E-state index in [4.69, 9.17) is 0 Å². The maximum atomic E-state index is 11.7. The molecule has 0 heterocycles. The Kier molecular flexibility index (Phi) is 33.9. The van der Waals surface area contributed by atoms with Crippen molar-refractivity contribution in [3.8, 4) is 0 Å². The molecule has 0 aliphatic heterocycles. The summed E-state index contributed by atoms with van der Waals surface area (Å²) in [6.07, 6.45) is 24.1. The molecular weight excluding hydrogens is 521 g/mol. The summed E-state index contributed by atoms with van der Waals surface area (Å²) < 4.78 is 23.4. The standard InChI is InChI=1S/2C14H31O2P.Ni/c2*1-3-5-7-9-11-13-17(15,16)14-12-10-8-6-4-2;/h2*3-14H2,1-2H3,(H,15,16);/q;;+2/p-2. The molecule has 0 amide bonds. The van der Waals surface area contributed by atoms with Gasteiger partial charge in [0.2, 0.25) is 0 Å². The summed E-state index contributed by atoms with van der Waals surface area (Å²) in [5.41, 5.74) is 0. The van der Waals surface area contributed by atoms with Crippen molar-refractivity contribution in [3.63, 3.8) is 0 Å². The first-order chi connectivity index (χ1) is 16.2. The van der Waals surface area contributed by atoms with E-state index in [1.165, 1.54) is 77.0 Å². The first-order valence-electron chi connectivity index (χ1n) is 14.8. The number of rotatable bonds is 24. The maximum absolute atomic E-state index is 11.7. The van der Waals surface area contributed by atoms with E-state index in [0.717, 1.165) is 51.4 Å². The molecule has 0 bridgehead atoms. The van der Waals surface area contributed by atoms with Gasteiger partial charge in [-0.15, -0.1) is 0 Å². The average molecular weight is 581 g/mol. The zero-order valence-corrected chi connectivity index (χ0v) is 26.6. The average Bonchev–Trinajstić information content (AvgIpc) is 2.79. The Balaban J connectivity index is -0.000000569. The van der Waals surface area contributed by atoms with Crippen molar-refractivity contribution >= 4 is 14.7 Å². The van der Waals surface area contributed by atoms with Crippen LogP contribution in [0.1, 0.15) is 156 Å². The molecule has 35 heavy (non-hydrogen) atoms. The van der Waals surface area contributed by atoms with Crippen LogP contribution in [0.25, 0.3) is 0 Å². The van der Waals surface area contributed by atoms with Gasteiger partial charge in [-0.25, -0.2) is 0 Å². The van der Waals surface area contributed by atoms with Gasteiger partial charge in [-0.3, -0.25) is 0 Å². The van der Waals surface area contributed by atoms with E-state index in [0.29, 0.717) is 24.6 Å². The predicted octanol–water partition coefficient (Wildman–Crippen LogP) is 9.13. The van der Waals surface area contributed by atoms with Crippen LogP contribution >= 0.6 is 14.7 Å². The molecule has 0 aromatic rings. The van der Waals surface area contributed by atoms with Crippen molar-refractivity contribution < 1.29 is 35.4 Å². The van der Waals surface area contributed by atoms with Crippen molar-refractivity contribution in [2.24, 2.45) is 0 Å². The van der Waals surface area contributed by atoms with E-state index in [2.05, 4.69) is 27.7 Å². The van der Waals surface area contributed by atoms with Crippen LogP contribution in [-0.2, 0) is 25.6 Å². The molecule has 0 spiro atoms. The second-order valence-electron chi connectivity index (χ2n) is 10.2. The van der Waals surface area contributed by atoms with Gasteiger partial charge in [0.05, 0.1) is 0 Å². The zero-order chi connectivity index (χ0) is 26.0. The van der Waals surface area contributed by atoms with Gasteiger partial charge in [-0.2, -0.15) is 0 Å². The molecule has 0 N–H and O–H groups in total. The summed E-state index contributed by atoms with van der Waals surface area (Å²) in [6.45, 7) is 8.70. The van der Waals surface area contributed by atoms with Gasteiger partial charge in [-0.1, -0.05) is 130 Å². The topological polar surface area (TPSA) is 80.3 Å². The largest absolute Gasteiger partial charge is 2.00 e. The number of hydrogen-bond donors (Lipinski definition) is 0. The molecule has 0 aromatic carbocycles. The Morgan fingerprint density at radius 3 is 0.714 bits per heavy atom. The predicted molar refractivity (Wildman–Crippen MR) is 150 cm³/mol. The SMILES string of the molecule is CCCCCCCP(=O)([O-])CCCCCCC.CCCCCCCP(=O)([O-])CCCCCCC.[Ni+2]. The molecule has 0 radical (unpaired) electrons. The molecule has 0 saturated carbocycles. The van der Waals surface area contributed by atoms with Crippen LogP contribution in [0.2, 0.25) is 0 Å². The third kappa shape index (κ3) is 34.9. The monoisotopic (exact) mass is 580 g/mol. The van der Waals surface area contributed by atoms with Gasteiger partial charge in [0.25, 0.3) is 0 Å². The molecule has 0 aromatic heterocycles. The van der Waals surface area contributed by atoms with Crippen LogP contribution in [0.15, 0.2) is 0 Å². The van der Waals surface area contributed by atoms with Gasteiger partial charge < -0.3 is 18.9 Å². The van der Waals surface area contributed by atoms with Gasteiger partial charge in [-0.05, 0) is 50.3 Å². The number of hydrogen-bond acceptors (Lipinski definition) is 4. The van der Waals surface area contributed by atoms with E-state index in [1.54, 1.807) is 0 Å². The molecular formula is C28H60NiO4P2. The first-order valence-corrected chi connectivity index (χ1v) is 18.8. The van der Waals surface area contributed by atoms with Gasteiger partial charge in [0.1, 0.15) is 0 Å². The maximum Gasteiger partial charge on any atom is 2.00 e. The Hall–Kier alpha value is 0.874. The molecule has 0 atom stereocenters. The molecule has 0 aliphatic rings. The van der Waals surface area contributed by atoms with Crippen molar-refractivity contribution in [3.05, 3.63) is 0 Å². The van der Waals surface area contributed by atoms with Crippen molar-refractivity contribution in [1.82, 2.24) is 0 Å². The summed E-state index contributed by atoms with van der Waals surface area (Å²) in [7, 11) is -6.08. The molecule has 0 aliphatic carbocycles. The number of unbranched alkanes of at least 4 members (excludes halogenated alkanes) is 16. The van der Waals surface area contributed by atoms with Crippen LogP contribution < -0.4 is 9.79 Å². The van der Waals surface area contributed by atoms with Crippen LogP contribution in [0.4, 0.5) is 0 Å². The molecule has 0 rings (SSSR count). The van der Waals surface area contributed by atoms with Crippen LogP contribution in [0.5, 0.6) is 0 Å². The molecule has 4 nitrogen and oxygen atoms in total. The molecule has 0 unspecified atom stereocenters. The zero-order valence-electron chi connectivity index (χ0n) is 23.8. The van der Waals surface area contributed by atoms with Gasteiger partial charge in [0, 0.05) is 14.7 Å². The Bertz CT molecular complexity index is 423. The fourth-order valence-corrected chi connectivity index (χ4v) is 7.32. The summed E-state index contributed by atoms with van der Waals surface area (Å²) in [4.78, 5) is 23.4. The van der Waals surface area contributed by atoms with Crippen LogP contribution in [0.3, 0.4) is 0 Å². The molecule has 216 valence electrons. The first kappa shape index (κ1) is 40.4. The van der Waals surface area contributed by atoms with E-state index in [9.17, 15) is 18.9 Å². The summed E-state index contributed by atoms with van der Waals surface area (Å²) >= 11 is 0. The van der Waals surface area contributed by atoms with E-state index in [-0.39, 0.29) is 16.5 Å². The third-order valence-electron chi connectivity index (χ3n) is 6.41. The van der Waals surface area contributed by atoms with Crippen molar-refractivity contribution in [2.45, 2.75) is 156 Å². The molecule has 0 fully saturated rings. The van der Waals surface area contributed by atoms with Crippen LogP contribution in [0, 0.1) is 0 Å². The summed E-state index contributed by atoms with van der Waals surface area (Å²) in [5, 5.41) is 0. The summed E-state index contributed by atoms with van der Waals surface area (Å²) in [6, 6.07) is 0. The fraction of sp³-hybridized carbons (Fsp3) is 1.00. The minimum atomic E-state index is -3.04. The minimum Gasteiger partial charge on any atom is -0.799 e. The van der Waals surface area contributed by atoms with Gasteiger partial charge >= 0.3 is 16.5 Å². The van der Waals surface area contributed by atoms with Crippen molar-refractivity contribution in [2.75, 3.05) is 24.6 Å². The Morgan fingerprint density at radius 2 is 0.543 bits per heavy atom. The normalized spacial score (nSPS) is 11.6. The van der Waals surface area contributed by atoms with E-state index >= 15 is 0 Å². The molecule has 0 saturated heterocycles. The van der Waals surface area contributed by atoms with E-state index in [1.807, 2.05) is 0 Å². The van der Waals surface area contributed by atoms with Crippen molar-refractivity contribution in [1.29, 1.82) is 0 Å². The summed E-state index contributed by atoms with van der Waals surface area (Å²) in [5.74, 6) is 0. The minimum absolute atomic E-state index is 0.